The number of carboxylic acid groups (broad SMARTS) is 1. The lowest BCUT2D eigenvalue weighted by Gasteiger charge is -2.35. The number of aliphatic carboxylic acids is 1. The third-order valence-corrected chi connectivity index (χ3v) is 3.64. The number of furan rings is 1. The molecule has 1 fully saturated rings. The van der Waals surface area contributed by atoms with Crippen molar-refractivity contribution in [3.8, 4) is 0 Å². The normalized spacial score (nSPS) is 30.2. The zero-order valence-corrected chi connectivity index (χ0v) is 9.61. The zero-order valence-electron chi connectivity index (χ0n) is 9.61. The Labute approximate surface area is 95.5 Å². The summed E-state index contributed by atoms with van der Waals surface area (Å²) in [6.07, 6.45) is 5.83. The summed E-state index contributed by atoms with van der Waals surface area (Å²) >= 11 is 0. The van der Waals surface area contributed by atoms with Crippen LogP contribution in [0.15, 0.2) is 22.8 Å². The maximum atomic E-state index is 11.5. The average molecular weight is 222 g/mol. The molecule has 0 radical (unpaired) electrons. The van der Waals surface area contributed by atoms with Gasteiger partial charge in [0.2, 0.25) is 0 Å². The van der Waals surface area contributed by atoms with E-state index < -0.39 is 11.4 Å². The molecule has 0 aromatic carbocycles. The Kier molecular flexibility index (Phi) is 3.03. The number of hydrogen-bond acceptors (Lipinski definition) is 2. The Balaban J connectivity index is 2.18. The van der Waals surface area contributed by atoms with Gasteiger partial charge in [0.15, 0.2) is 0 Å². The summed E-state index contributed by atoms with van der Waals surface area (Å²) in [5, 5.41) is 9.46. The van der Waals surface area contributed by atoms with Crippen LogP contribution in [0.4, 0.5) is 0 Å². The van der Waals surface area contributed by atoms with Crippen LogP contribution in [0, 0.1) is 11.3 Å². The molecule has 0 aliphatic heterocycles. The predicted molar refractivity (Wildman–Crippen MR) is 60.1 cm³/mol. The Morgan fingerprint density at radius 1 is 1.69 bits per heavy atom. The topological polar surface area (TPSA) is 50.4 Å². The van der Waals surface area contributed by atoms with Crippen molar-refractivity contribution >= 4 is 5.97 Å². The first-order valence-corrected chi connectivity index (χ1v) is 5.88. The summed E-state index contributed by atoms with van der Waals surface area (Å²) in [6.45, 7) is 2.14. The van der Waals surface area contributed by atoms with Crippen LogP contribution in [0.5, 0.6) is 0 Å². The maximum Gasteiger partial charge on any atom is 0.310 e. The molecule has 1 aromatic rings. The van der Waals surface area contributed by atoms with Crippen molar-refractivity contribution in [1.82, 2.24) is 0 Å². The van der Waals surface area contributed by atoms with Gasteiger partial charge in [0.1, 0.15) is 5.76 Å². The van der Waals surface area contributed by atoms with Gasteiger partial charge in [0.25, 0.3) is 0 Å². The quantitative estimate of drug-likeness (QED) is 0.854. The largest absolute Gasteiger partial charge is 0.481 e. The first-order valence-electron chi connectivity index (χ1n) is 5.88. The van der Waals surface area contributed by atoms with E-state index in [-0.39, 0.29) is 0 Å². The zero-order chi connectivity index (χ0) is 11.6. The molecule has 0 saturated heterocycles. The molecule has 0 bridgehead atoms. The molecular formula is C13H18O3. The van der Waals surface area contributed by atoms with E-state index >= 15 is 0 Å². The highest BCUT2D eigenvalue weighted by Gasteiger charge is 2.42. The predicted octanol–water partition coefficient (Wildman–Crippen LogP) is 3.10. The molecule has 1 saturated carbocycles. The summed E-state index contributed by atoms with van der Waals surface area (Å²) in [4.78, 5) is 11.5. The van der Waals surface area contributed by atoms with Gasteiger partial charge in [-0.1, -0.05) is 19.8 Å². The molecule has 0 amide bonds. The van der Waals surface area contributed by atoms with Crippen LogP contribution in [-0.2, 0) is 11.2 Å². The van der Waals surface area contributed by atoms with E-state index in [4.69, 9.17) is 4.42 Å². The molecule has 2 rings (SSSR count). The van der Waals surface area contributed by atoms with E-state index in [0.717, 1.165) is 31.4 Å². The van der Waals surface area contributed by atoms with Gasteiger partial charge in [-0.15, -0.1) is 0 Å². The third kappa shape index (κ3) is 2.13. The molecule has 1 N–H and O–H groups in total. The molecule has 88 valence electrons. The minimum Gasteiger partial charge on any atom is -0.481 e. The van der Waals surface area contributed by atoms with Gasteiger partial charge in [-0.05, 0) is 30.9 Å². The van der Waals surface area contributed by atoms with Crippen LogP contribution < -0.4 is 0 Å². The van der Waals surface area contributed by atoms with Crippen LogP contribution in [0.1, 0.15) is 38.4 Å². The molecule has 0 spiro atoms. The smallest absolute Gasteiger partial charge is 0.310 e. The minimum absolute atomic E-state index is 0.500. The van der Waals surface area contributed by atoms with E-state index in [0.29, 0.717) is 12.3 Å². The fourth-order valence-corrected chi connectivity index (χ4v) is 2.84. The second kappa shape index (κ2) is 4.32. The van der Waals surface area contributed by atoms with E-state index in [1.807, 2.05) is 12.1 Å². The van der Waals surface area contributed by atoms with Crippen molar-refractivity contribution in [1.29, 1.82) is 0 Å². The fourth-order valence-electron chi connectivity index (χ4n) is 2.84. The molecule has 3 nitrogen and oxygen atoms in total. The van der Waals surface area contributed by atoms with Gasteiger partial charge in [-0.25, -0.2) is 0 Å². The lowest BCUT2D eigenvalue weighted by atomic mass is 9.68. The SMILES string of the molecule is CC1CCCC(Cc2ccco2)(C(=O)O)C1. The summed E-state index contributed by atoms with van der Waals surface area (Å²) in [6, 6.07) is 3.68. The van der Waals surface area contributed by atoms with Crippen molar-refractivity contribution in [3.63, 3.8) is 0 Å². The molecule has 2 atom stereocenters. The summed E-state index contributed by atoms with van der Waals surface area (Å²) in [5.41, 5.74) is -0.602. The average Bonchev–Trinajstić information content (AvgIpc) is 2.70. The van der Waals surface area contributed by atoms with Crippen molar-refractivity contribution in [2.24, 2.45) is 11.3 Å². The van der Waals surface area contributed by atoms with Crippen LogP contribution in [-0.4, -0.2) is 11.1 Å². The highest BCUT2D eigenvalue weighted by Crippen LogP contribution is 2.42. The molecule has 2 unspecified atom stereocenters. The fraction of sp³-hybridized carbons (Fsp3) is 0.615. The van der Waals surface area contributed by atoms with Crippen LogP contribution in [0.25, 0.3) is 0 Å². The molecule has 3 heteroatoms. The Morgan fingerprint density at radius 3 is 3.06 bits per heavy atom. The Morgan fingerprint density at radius 2 is 2.50 bits per heavy atom. The number of carboxylic acids is 1. The van der Waals surface area contributed by atoms with E-state index in [2.05, 4.69) is 6.92 Å². The third-order valence-electron chi connectivity index (χ3n) is 3.64. The van der Waals surface area contributed by atoms with Crippen molar-refractivity contribution in [3.05, 3.63) is 24.2 Å². The Bertz CT molecular complexity index is 355. The van der Waals surface area contributed by atoms with Crippen LogP contribution in [0.3, 0.4) is 0 Å². The second-order valence-electron chi connectivity index (χ2n) is 5.04. The van der Waals surface area contributed by atoms with E-state index in [1.165, 1.54) is 0 Å². The highest BCUT2D eigenvalue weighted by atomic mass is 16.4. The first kappa shape index (κ1) is 11.2. The van der Waals surface area contributed by atoms with Gasteiger partial charge >= 0.3 is 5.97 Å². The van der Waals surface area contributed by atoms with Gasteiger partial charge in [-0.3, -0.25) is 4.79 Å². The van der Waals surface area contributed by atoms with Crippen molar-refractivity contribution in [2.75, 3.05) is 0 Å². The van der Waals surface area contributed by atoms with E-state index in [9.17, 15) is 9.90 Å². The lowest BCUT2D eigenvalue weighted by molar-refractivity contribution is -0.152. The summed E-state index contributed by atoms with van der Waals surface area (Å²) in [5.74, 6) is 0.617. The lowest BCUT2D eigenvalue weighted by Crippen LogP contribution is -2.37. The Hall–Kier alpha value is -1.25. The molecule has 1 aliphatic carbocycles. The van der Waals surface area contributed by atoms with Gasteiger partial charge in [0, 0.05) is 6.42 Å². The van der Waals surface area contributed by atoms with Gasteiger partial charge in [-0.2, -0.15) is 0 Å². The monoisotopic (exact) mass is 222 g/mol. The van der Waals surface area contributed by atoms with Gasteiger partial charge < -0.3 is 9.52 Å². The van der Waals surface area contributed by atoms with Crippen LogP contribution >= 0.6 is 0 Å². The first-order chi connectivity index (χ1) is 7.62. The standard InChI is InChI=1S/C13H18O3/c1-10-4-2-6-13(8-10,12(14)15)9-11-5-3-7-16-11/h3,5,7,10H,2,4,6,8-9H2,1H3,(H,14,15). The second-order valence-corrected chi connectivity index (χ2v) is 5.04. The van der Waals surface area contributed by atoms with Crippen LogP contribution in [0.2, 0.25) is 0 Å². The molecule has 1 heterocycles. The van der Waals surface area contributed by atoms with Crippen molar-refractivity contribution < 1.29 is 14.3 Å². The maximum absolute atomic E-state index is 11.5. The van der Waals surface area contributed by atoms with Gasteiger partial charge in [0.05, 0.1) is 11.7 Å². The molecular weight excluding hydrogens is 204 g/mol. The van der Waals surface area contributed by atoms with Crippen molar-refractivity contribution in [2.45, 2.75) is 39.0 Å². The highest BCUT2D eigenvalue weighted by molar-refractivity contribution is 5.75. The number of hydrogen-bond donors (Lipinski definition) is 1. The molecule has 1 aliphatic rings. The molecule has 1 aromatic heterocycles. The number of rotatable bonds is 3. The molecule has 16 heavy (non-hydrogen) atoms. The minimum atomic E-state index is -0.671. The summed E-state index contributed by atoms with van der Waals surface area (Å²) in [7, 11) is 0. The summed E-state index contributed by atoms with van der Waals surface area (Å²) < 4.78 is 5.28. The number of carbonyl (C=O) groups is 1. The van der Waals surface area contributed by atoms with E-state index in [1.54, 1.807) is 6.26 Å².